The number of aliphatic carboxylic acids is 1. The van der Waals surface area contributed by atoms with E-state index in [4.69, 9.17) is 5.11 Å². The largest absolute Gasteiger partial charge is 0.478 e. The molecular weight excluding hydrogens is 196 g/mol. The van der Waals surface area contributed by atoms with Gasteiger partial charge in [-0.3, -0.25) is 0 Å². The third kappa shape index (κ3) is 3.34. The third-order valence-electron chi connectivity index (χ3n) is 1.94. The minimum absolute atomic E-state index is 0.851. The Hall–Kier alpha value is -1.09. The van der Waals surface area contributed by atoms with E-state index in [1.165, 1.54) is 6.08 Å². The molecule has 0 bridgehead atoms. The molecule has 0 aliphatic rings. The van der Waals surface area contributed by atoms with Gasteiger partial charge in [0, 0.05) is 11.0 Å². The molecule has 0 saturated carbocycles. The summed E-state index contributed by atoms with van der Waals surface area (Å²) in [5.74, 6) is -0.857. The average Bonchev–Trinajstić information content (AvgIpc) is 2.64. The molecule has 1 heterocycles. The highest BCUT2D eigenvalue weighted by molar-refractivity contribution is 7.11. The van der Waals surface area contributed by atoms with Gasteiger partial charge in [-0.05, 0) is 29.9 Å². The lowest BCUT2D eigenvalue weighted by Crippen LogP contribution is -1.91. The smallest absolute Gasteiger partial charge is 0.328 e. The first-order valence-corrected chi connectivity index (χ1v) is 5.59. The van der Waals surface area contributed by atoms with Crippen LogP contribution in [-0.4, -0.2) is 11.1 Å². The minimum Gasteiger partial charge on any atom is -0.478 e. The molecule has 1 N–H and O–H groups in total. The number of thiophene rings is 1. The second-order valence-corrected chi connectivity index (χ2v) is 4.04. The van der Waals surface area contributed by atoms with Gasteiger partial charge in [0.25, 0.3) is 0 Å². The van der Waals surface area contributed by atoms with Crippen molar-refractivity contribution in [3.63, 3.8) is 0 Å². The first-order valence-electron chi connectivity index (χ1n) is 4.71. The number of hydrogen-bond acceptors (Lipinski definition) is 2. The van der Waals surface area contributed by atoms with E-state index in [2.05, 4.69) is 6.92 Å². The van der Waals surface area contributed by atoms with Gasteiger partial charge in [-0.15, -0.1) is 11.3 Å². The van der Waals surface area contributed by atoms with Crippen LogP contribution in [0.5, 0.6) is 0 Å². The van der Waals surface area contributed by atoms with E-state index in [0.29, 0.717) is 0 Å². The highest BCUT2D eigenvalue weighted by Crippen LogP contribution is 2.24. The number of rotatable bonds is 5. The minimum atomic E-state index is -0.857. The zero-order chi connectivity index (χ0) is 10.4. The Bertz CT molecular complexity index is 312. The van der Waals surface area contributed by atoms with Crippen molar-refractivity contribution in [2.45, 2.75) is 26.2 Å². The first-order chi connectivity index (χ1) is 6.74. The summed E-state index contributed by atoms with van der Waals surface area (Å²) >= 11 is 1.59. The van der Waals surface area contributed by atoms with Crippen molar-refractivity contribution >= 4 is 22.9 Å². The number of unbranched alkanes of at least 4 members (excludes halogenated alkanes) is 1. The van der Waals surface area contributed by atoms with Gasteiger partial charge in [0.15, 0.2) is 0 Å². The van der Waals surface area contributed by atoms with E-state index in [0.717, 1.165) is 29.7 Å². The van der Waals surface area contributed by atoms with Gasteiger partial charge >= 0.3 is 5.97 Å². The molecule has 1 rings (SSSR count). The second-order valence-electron chi connectivity index (χ2n) is 3.09. The van der Waals surface area contributed by atoms with Gasteiger partial charge in [0.2, 0.25) is 0 Å². The van der Waals surface area contributed by atoms with Crippen LogP contribution in [0.15, 0.2) is 23.6 Å². The van der Waals surface area contributed by atoms with Crippen molar-refractivity contribution < 1.29 is 9.90 Å². The Balaban J connectivity index is 2.77. The van der Waals surface area contributed by atoms with E-state index in [1.807, 2.05) is 17.5 Å². The molecule has 0 saturated heterocycles. The zero-order valence-corrected chi connectivity index (χ0v) is 9.01. The van der Waals surface area contributed by atoms with Crippen LogP contribution in [0.4, 0.5) is 0 Å². The van der Waals surface area contributed by atoms with Crippen LogP contribution in [0.2, 0.25) is 0 Å². The summed E-state index contributed by atoms with van der Waals surface area (Å²) in [4.78, 5) is 11.7. The SMILES string of the molecule is CCCC/C(=C\C(=O)O)c1cccs1. The molecule has 2 nitrogen and oxygen atoms in total. The summed E-state index contributed by atoms with van der Waals surface area (Å²) in [6.07, 6.45) is 4.30. The predicted molar refractivity (Wildman–Crippen MR) is 59.5 cm³/mol. The number of carboxylic acids is 1. The molecule has 1 aromatic heterocycles. The zero-order valence-electron chi connectivity index (χ0n) is 8.19. The molecule has 0 atom stereocenters. The van der Waals surface area contributed by atoms with Gasteiger partial charge in [-0.25, -0.2) is 4.79 Å². The summed E-state index contributed by atoms with van der Waals surface area (Å²) in [5, 5.41) is 10.7. The summed E-state index contributed by atoms with van der Waals surface area (Å²) in [5.41, 5.74) is 0.939. The van der Waals surface area contributed by atoms with Crippen molar-refractivity contribution in [2.24, 2.45) is 0 Å². The lowest BCUT2D eigenvalue weighted by atomic mass is 10.1. The Morgan fingerprint density at radius 2 is 2.43 bits per heavy atom. The molecule has 76 valence electrons. The van der Waals surface area contributed by atoms with Crippen LogP contribution in [0.25, 0.3) is 5.57 Å². The molecule has 0 aliphatic carbocycles. The Morgan fingerprint density at radius 3 is 2.93 bits per heavy atom. The van der Waals surface area contributed by atoms with E-state index in [-0.39, 0.29) is 0 Å². The molecule has 0 unspecified atom stereocenters. The van der Waals surface area contributed by atoms with Crippen molar-refractivity contribution in [3.05, 3.63) is 28.5 Å². The summed E-state index contributed by atoms with van der Waals surface area (Å²) < 4.78 is 0. The third-order valence-corrected chi connectivity index (χ3v) is 2.88. The van der Waals surface area contributed by atoms with Gasteiger partial charge in [0.05, 0.1) is 0 Å². The van der Waals surface area contributed by atoms with Gasteiger partial charge in [0.1, 0.15) is 0 Å². The summed E-state index contributed by atoms with van der Waals surface area (Å²) in [6.45, 7) is 2.10. The van der Waals surface area contributed by atoms with Crippen LogP contribution in [-0.2, 0) is 4.79 Å². The predicted octanol–water partition coefficient (Wildman–Crippen LogP) is 3.41. The van der Waals surface area contributed by atoms with Gasteiger partial charge < -0.3 is 5.11 Å². The number of allylic oxidation sites excluding steroid dienone is 1. The van der Waals surface area contributed by atoms with Crippen LogP contribution in [0, 0.1) is 0 Å². The maximum absolute atomic E-state index is 10.6. The van der Waals surface area contributed by atoms with Crippen LogP contribution in [0.3, 0.4) is 0 Å². The normalized spacial score (nSPS) is 11.6. The van der Waals surface area contributed by atoms with Crippen LogP contribution in [0.1, 0.15) is 31.1 Å². The van der Waals surface area contributed by atoms with Crippen LogP contribution >= 0.6 is 11.3 Å². The maximum Gasteiger partial charge on any atom is 0.328 e. The maximum atomic E-state index is 10.6. The van der Waals surface area contributed by atoms with Crippen molar-refractivity contribution in [3.8, 4) is 0 Å². The van der Waals surface area contributed by atoms with E-state index in [1.54, 1.807) is 11.3 Å². The fourth-order valence-corrected chi connectivity index (χ4v) is 2.02. The summed E-state index contributed by atoms with van der Waals surface area (Å²) in [7, 11) is 0. The van der Waals surface area contributed by atoms with Crippen molar-refractivity contribution in [1.29, 1.82) is 0 Å². The fraction of sp³-hybridized carbons (Fsp3) is 0.364. The van der Waals surface area contributed by atoms with Crippen LogP contribution < -0.4 is 0 Å². The van der Waals surface area contributed by atoms with Crippen molar-refractivity contribution in [1.82, 2.24) is 0 Å². The molecule has 1 aromatic rings. The molecule has 0 fully saturated rings. The Labute approximate surface area is 87.9 Å². The van der Waals surface area contributed by atoms with Crippen molar-refractivity contribution in [2.75, 3.05) is 0 Å². The monoisotopic (exact) mass is 210 g/mol. The lowest BCUT2D eigenvalue weighted by molar-refractivity contribution is -0.131. The first kappa shape index (κ1) is 11.0. The molecule has 0 spiro atoms. The molecule has 3 heteroatoms. The van der Waals surface area contributed by atoms with E-state index < -0.39 is 5.97 Å². The molecule has 0 aliphatic heterocycles. The van der Waals surface area contributed by atoms with E-state index >= 15 is 0 Å². The molecule has 14 heavy (non-hydrogen) atoms. The molecular formula is C11H14O2S. The highest BCUT2D eigenvalue weighted by atomic mass is 32.1. The Kier molecular flexibility index (Phi) is 4.40. The summed E-state index contributed by atoms with van der Waals surface area (Å²) in [6, 6.07) is 3.91. The topological polar surface area (TPSA) is 37.3 Å². The fourth-order valence-electron chi connectivity index (χ4n) is 1.24. The Morgan fingerprint density at radius 1 is 1.64 bits per heavy atom. The molecule has 0 radical (unpaired) electrons. The van der Waals surface area contributed by atoms with E-state index in [9.17, 15) is 4.79 Å². The number of carboxylic acid groups (broad SMARTS) is 1. The average molecular weight is 210 g/mol. The number of carbonyl (C=O) groups is 1. The van der Waals surface area contributed by atoms with Gasteiger partial charge in [-0.2, -0.15) is 0 Å². The lowest BCUT2D eigenvalue weighted by Gasteiger charge is -2.02. The standard InChI is InChI=1S/C11H14O2S/c1-2-3-5-9(8-11(12)13)10-6-4-7-14-10/h4,6-8H,2-3,5H2,1H3,(H,12,13)/b9-8+. The molecule has 0 amide bonds. The highest BCUT2D eigenvalue weighted by Gasteiger charge is 2.04. The second kappa shape index (κ2) is 5.60. The molecule has 0 aromatic carbocycles. The number of hydrogen-bond donors (Lipinski definition) is 1. The van der Waals surface area contributed by atoms with Gasteiger partial charge in [-0.1, -0.05) is 19.4 Å². The quantitative estimate of drug-likeness (QED) is 0.756.